The first-order valence-electron chi connectivity index (χ1n) is 6.83. The van der Waals surface area contributed by atoms with E-state index in [9.17, 15) is 18.3 Å². The molecule has 6 heteroatoms. The topological polar surface area (TPSA) is 83.5 Å². The molecule has 112 valence electrons. The Labute approximate surface area is 115 Å². The minimum atomic E-state index is -3.56. The van der Waals surface area contributed by atoms with E-state index in [4.69, 9.17) is 0 Å². The molecular weight excluding hydrogens is 266 g/mol. The first kappa shape index (κ1) is 16.4. The third kappa shape index (κ3) is 5.91. The van der Waals surface area contributed by atoms with Gasteiger partial charge in [0.2, 0.25) is 10.0 Å². The van der Waals surface area contributed by atoms with Gasteiger partial charge in [0.05, 0.1) is 5.75 Å². The van der Waals surface area contributed by atoms with Crippen molar-refractivity contribution in [2.75, 3.05) is 5.75 Å². The normalized spacial score (nSPS) is 20.2. The third-order valence-electron chi connectivity index (χ3n) is 3.32. The Kier molecular flexibility index (Phi) is 5.38. The van der Waals surface area contributed by atoms with Gasteiger partial charge in [-0.1, -0.05) is 40.0 Å². The molecule has 1 saturated carbocycles. The van der Waals surface area contributed by atoms with E-state index < -0.39 is 22.0 Å². The Morgan fingerprint density at radius 3 is 2.21 bits per heavy atom. The van der Waals surface area contributed by atoms with Crippen LogP contribution < -0.4 is 4.72 Å². The van der Waals surface area contributed by atoms with Crippen molar-refractivity contribution >= 4 is 16.0 Å². The Bertz CT molecular complexity index is 405. The van der Waals surface area contributed by atoms with Gasteiger partial charge in [-0.05, 0) is 24.2 Å². The molecule has 1 aliphatic rings. The van der Waals surface area contributed by atoms with Crippen LogP contribution in [0.25, 0.3) is 0 Å². The van der Waals surface area contributed by atoms with Gasteiger partial charge in [0.25, 0.3) is 0 Å². The van der Waals surface area contributed by atoms with Crippen LogP contribution in [0.15, 0.2) is 0 Å². The summed E-state index contributed by atoms with van der Waals surface area (Å²) in [5, 5.41) is 9.26. The number of carboxylic acid groups (broad SMARTS) is 1. The molecule has 0 aliphatic heterocycles. The standard InChI is InChI=1S/C13H25NO4S/c1-13(2,3)9-19(17,18)14-11(12(15)16)10-7-5-4-6-8-10/h10-11,14H,4-9H2,1-3H3,(H,15,16). The van der Waals surface area contributed by atoms with Gasteiger partial charge in [-0.2, -0.15) is 0 Å². The van der Waals surface area contributed by atoms with E-state index in [1.165, 1.54) is 0 Å². The predicted molar refractivity (Wildman–Crippen MR) is 74.4 cm³/mol. The van der Waals surface area contributed by atoms with Gasteiger partial charge in [-0.25, -0.2) is 13.1 Å². The van der Waals surface area contributed by atoms with E-state index in [0.29, 0.717) is 0 Å². The molecule has 2 N–H and O–H groups in total. The van der Waals surface area contributed by atoms with Gasteiger partial charge in [0.1, 0.15) is 6.04 Å². The summed E-state index contributed by atoms with van der Waals surface area (Å²) >= 11 is 0. The van der Waals surface area contributed by atoms with Crippen LogP contribution in [0, 0.1) is 11.3 Å². The molecule has 0 radical (unpaired) electrons. The first-order valence-corrected chi connectivity index (χ1v) is 8.49. The van der Waals surface area contributed by atoms with Crippen LogP contribution in [0.5, 0.6) is 0 Å². The number of hydrogen-bond acceptors (Lipinski definition) is 3. The second-order valence-corrected chi connectivity index (χ2v) is 8.41. The van der Waals surface area contributed by atoms with Crippen molar-refractivity contribution in [3.05, 3.63) is 0 Å². The monoisotopic (exact) mass is 291 g/mol. The average Bonchev–Trinajstić information content (AvgIpc) is 2.23. The number of rotatable bonds is 5. The van der Waals surface area contributed by atoms with Gasteiger partial charge in [0, 0.05) is 0 Å². The number of carboxylic acids is 1. The molecular formula is C13H25NO4S. The van der Waals surface area contributed by atoms with Crippen molar-refractivity contribution in [2.24, 2.45) is 11.3 Å². The molecule has 0 heterocycles. The van der Waals surface area contributed by atoms with E-state index in [0.717, 1.165) is 32.1 Å². The Morgan fingerprint density at radius 2 is 1.79 bits per heavy atom. The van der Waals surface area contributed by atoms with Crippen molar-refractivity contribution < 1.29 is 18.3 Å². The minimum Gasteiger partial charge on any atom is -0.480 e. The van der Waals surface area contributed by atoms with Crippen molar-refractivity contribution in [1.29, 1.82) is 0 Å². The van der Waals surface area contributed by atoms with Gasteiger partial charge >= 0.3 is 5.97 Å². The Balaban J connectivity index is 2.75. The minimum absolute atomic E-state index is 0.0590. The zero-order valence-corrected chi connectivity index (χ0v) is 12.8. The molecule has 1 rings (SSSR count). The molecule has 1 atom stereocenters. The SMILES string of the molecule is CC(C)(C)CS(=O)(=O)NC(C(=O)O)C1CCCCC1. The maximum Gasteiger partial charge on any atom is 0.322 e. The highest BCUT2D eigenvalue weighted by Gasteiger charge is 2.34. The van der Waals surface area contributed by atoms with Gasteiger partial charge in [-0.3, -0.25) is 4.79 Å². The Hall–Kier alpha value is -0.620. The summed E-state index contributed by atoms with van der Waals surface area (Å²) in [6.07, 6.45) is 4.65. The number of aliphatic carboxylic acids is 1. The largest absolute Gasteiger partial charge is 0.480 e. The molecule has 1 aliphatic carbocycles. The summed E-state index contributed by atoms with van der Waals surface area (Å²) in [7, 11) is -3.56. The van der Waals surface area contributed by atoms with E-state index in [2.05, 4.69) is 4.72 Å². The number of carbonyl (C=O) groups is 1. The summed E-state index contributed by atoms with van der Waals surface area (Å²) in [5.74, 6) is -1.21. The highest BCUT2D eigenvalue weighted by atomic mass is 32.2. The molecule has 0 bridgehead atoms. The molecule has 19 heavy (non-hydrogen) atoms. The predicted octanol–water partition coefficient (Wildman–Crippen LogP) is 1.99. The van der Waals surface area contributed by atoms with E-state index in [-0.39, 0.29) is 17.1 Å². The fourth-order valence-electron chi connectivity index (χ4n) is 2.62. The maximum atomic E-state index is 12.0. The summed E-state index contributed by atoms with van der Waals surface area (Å²) in [6.45, 7) is 5.47. The molecule has 0 aromatic carbocycles. The fraction of sp³-hybridized carbons (Fsp3) is 0.923. The number of hydrogen-bond donors (Lipinski definition) is 2. The fourth-order valence-corrected chi connectivity index (χ4v) is 4.52. The molecule has 0 aromatic heterocycles. The van der Waals surface area contributed by atoms with E-state index in [1.807, 2.05) is 20.8 Å². The van der Waals surface area contributed by atoms with Gasteiger partial charge in [0.15, 0.2) is 0 Å². The van der Waals surface area contributed by atoms with E-state index in [1.54, 1.807) is 0 Å². The van der Waals surface area contributed by atoms with E-state index >= 15 is 0 Å². The molecule has 1 fully saturated rings. The smallest absolute Gasteiger partial charge is 0.322 e. The second-order valence-electron chi connectivity index (χ2n) is 6.65. The summed E-state index contributed by atoms with van der Waals surface area (Å²) in [5.41, 5.74) is -0.387. The zero-order chi connectivity index (χ0) is 14.7. The van der Waals surface area contributed by atoms with Crippen LogP contribution in [0.1, 0.15) is 52.9 Å². The molecule has 0 saturated heterocycles. The highest BCUT2D eigenvalue weighted by Crippen LogP contribution is 2.27. The van der Waals surface area contributed by atoms with Crippen LogP contribution in [0.2, 0.25) is 0 Å². The number of sulfonamides is 1. The highest BCUT2D eigenvalue weighted by molar-refractivity contribution is 7.89. The lowest BCUT2D eigenvalue weighted by Crippen LogP contribution is -2.48. The lowest BCUT2D eigenvalue weighted by Gasteiger charge is -2.29. The van der Waals surface area contributed by atoms with Crippen LogP contribution in [0.3, 0.4) is 0 Å². The van der Waals surface area contributed by atoms with Crippen molar-refractivity contribution in [2.45, 2.75) is 58.9 Å². The van der Waals surface area contributed by atoms with Crippen molar-refractivity contribution in [3.8, 4) is 0 Å². The van der Waals surface area contributed by atoms with Crippen LogP contribution >= 0.6 is 0 Å². The molecule has 0 aromatic rings. The molecule has 0 spiro atoms. The van der Waals surface area contributed by atoms with Crippen molar-refractivity contribution in [3.63, 3.8) is 0 Å². The van der Waals surface area contributed by atoms with Gasteiger partial charge < -0.3 is 5.11 Å². The van der Waals surface area contributed by atoms with Crippen LogP contribution in [0.4, 0.5) is 0 Å². The lowest BCUT2D eigenvalue weighted by molar-refractivity contribution is -0.140. The summed E-state index contributed by atoms with van der Waals surface area (Å²) in [6, 6.07) is -0.979. The molecule has 1 unspecified atom stereocenters. The van der Waals surface area contributed by atoms with Crippen LogP contribution in [-0.4, -0.2) is 31.3 Å². The second kappa shape index (κ2) is 6.22. The van der Waals surface area contributed by atoms with Gasteiger partial charge in [-0.15, -0.1) is 0 Å². The third-order valence-corrected chi connectivity index (χ3v) is 5.18. The molecule has 5 nitrogen and oxygen atoms in total. The lowest BCUT2D eigenvalue weighted by atomic mass is 9.84. The zero-order valence-electron chi connectivity index (χ0n) is 12.0. The summed E-state index contributed by atoms with van der Waals surface area (Å²) in [4.78, 5) is 11.3. The molecule has 0 amide bonds. The van der Waals surface area contributed by atoms with Crippen molar-refractivity contribution in [1.82, 2.24) is 4.72 Å². The summed E-state index contributed by atoms with van der Waals surface area (Å²) < 4.78 is 26.5. The first-order chi connectivity index (χ1) is 8.61. The maximum absolute atomic E-state index is 12.0. The Morgan fingerprint density at radius 1 is 1.26 bits per heavy atom. The van der Waals surface area contributed by atoms with Crippen LogP contribution in [-0.2, 0) is 14.8 Å². The number of nitrogens with one attached hydrogen (secondary N) is 1. The quantitative estimate of drug-likeness (QED) is 0.811. The average molecular weight is 291 g/mol.